The van der Waals surface area contributed by atoms with Crippen molar-refractivity contribution in [2.75, 3.05) is 19.6 Å². The Kier molecular flexibility index (Phi) is 4.41. The maximum absolute atomic E-state index is 4.13. The second-order valence-corrected chi connectivity index (χ2v) is 6.78. The molecule has 0 amide bonds. The Morgan fingerprint density at radius 2 is 2.13 bits per heavy atom. The Bertz CT molecular complexity index is 597. The molecule has 0 radical (unpaired) electrons. The fraction of sp³-hybridized carbons (Fsp3) is 0.500. The summed E-state index contributed by atoms with van der Waals surface area (Å²) in [7, 11) is 0. The van der Waals surface area contributed by atoms with Crippen molar-refractivity contribution in [3.63, 3.8) is 0 Å². The second-order valence-electron chi connectivity index (χ2n) is 6.78. The van der Waals surface area contributed by atoms with E-state index in [1.807, 2.05) is 6.20 Å². The Balaban J connectivity index is 1.44. The van der Waals surface area contributed by atoms with Crippen LogP contribution in [0, 0.1) is 5.92 Å². The highest BCUT2D eigenvalue weighted by atomic mass is 15.4. The van der Waals surface area contributed by atoms with Crippen molar-refractivity contribution in [3.05, 3.63) is 54.1 Å². The van der Waals surface area contributed by atoms with Crippen molar-refractivity contribution in [2.24, 2.45) is 5.92 Å². The lowest BCUT2D eigenvalue weighted by Gasteiger charge is -2.37. The lowest BCUT2D eigenvalue weighted by molar-refractivity contribution is 0.138. The first kappa shape index (κ1) is 14.9. The van der Waals surface area contributed by atoms with Gasteiger partial charge in [0.25, 0.3) is 0 Å². The summed E-state index contributed by atoms with van der Waals surface area (Å²) in [4.78, 5) is 9.91. The molecular formula is C18H25N5. The van der Waals surface area contributed by atoms with Gasteiger partial charge in [-0.25, -0.2) is 4.98 Å². The van der Waals surface area contributed by atoms with Gasteiger partial charge in [-0.15, -0.1) is 0 Å². The van der Waals surface area contributed by atoms with E-state index < -0.39 is 0 Å². The molecule has 2 fully saturated rings. The second kappa shape index (κ2) is 6.83. The summed E-state index contributed by atoms with van der Waals surface area (Å²) in [6.45, 7) is 4.34. The van der Waals surface area contributed by atoms with Gasteiger partial charge in [0.1, 0.15) is 0 Å². The summed E-state index contributed by atoms with van der Waals surface area (Å²) in [5.41, 5.74) is 9.61. The molecule has 3 heterocycles. The van der Waals surface area contributed by atoms with Gasteiger partial charge in [-0.3, -0.25) is 15.8 Å². The van der Waals surface area contributed by atoms with Crippen LogP contribution < -0.4 is 10.9 Å². The lowest BCUT2D eigenvalue weighted by Crippen LogP contribution is -2.46. The highest BCUT2D eigenvalue weighted by Crippen LogP contribution is 2.31. The third-order valence-electron chi connectivity index (χ3n) is 5.25. The number of hydrogen-bond acceptors (Lipinski definition) is 4. The monoisotopic (exact) mass is 311 g/mol. The number of imidazole rings is 1. The van der Waals surface area contributed by atoms with Crippen LogP contribution in [0.4, 0.5) is 0 Å². The first-order chi connectivity index (χ1) is 11.4. The maximum Gasteiger partial charge on any atom is 0.0922 e. The highest BCUT2D eigenvalue weighted by molar-refractivity contribution is 5.23. The van der Waals surface area contributed by atoms with E-state index in [4.69, 9.17) is 0 Å². The van der Waals surface area contributed by atoms with E-state index >= 15 is 0 Å². The largest absolute Gasteiger partial charge is 0.347 e. The number of aromatic amines is 1. The zero-order chi connectivity index (χ0) is 15.5. The smallest absolute Gasteiger partial charge is 0.0922 e. The molecule has 1 aromatic heterocycles. The topological polar surface area (TPSA) is 56.0 Å². The van der Waals surface area contributed by atoms with Crippen LogP contribution in [0.2, 0.25) is 0 Å². The van der Waals surface area contributed by atoms with Crippen molar-refractivity contribution in [1.82, 2.24) is 25.7 Å². The molecule has 0 bridgehead atoms. The first-order valence-corrected chi connectivity index (χ1v) is 8.63. The molecule has 2 aliphatic rings. The summed E-state index contributed by atoms with van der Waals surface area (Å²) in [5.74, 6) is 1.25. The van der Waals surface area contributed by atoms with E-state index in [9.17, 15) is 0 Å². The number of nitrogens with zero attached hydrogens (tertiary/aromatic N) is 2. The summed E-state index contributed by atoms with van der Waals surface area (Å²) in [6, 6.07) is 11.4. The van der Waals surface area contributed by atoms with Crippen molar-refractivity contribution >= 4 is 0 Å². The van der Waals surface area contributed by atoms with E-state index in [1.165, 1.54) is 30.6 Å². The third kappa shape index (κ3) is 3.32. The minimum atomic E-state index is 0.516. The van der Waals surface area contributed by atoms with Gasteiger partial charge in [-0.2, -0.15) is 0 Å². The summed E-state index contributed by atoms with van der Waals surface area (Å²) < 4.78 is 0. The van der Waals surface area contributed by atoms with E-state index in [-0.39, 0.29) is 0 Å². The number of H-pyrrole nitrogens is 1. The molecule has 5 heteroatoms. The zero-order valence-corrected chi connectivity index (χ0v) is 13.4. The van der Waals surface area contributed by atoms with Crippen LogP contribution >= 0.6 is 0 Å². The molecule has 1 aromatic carbocycles. The molecule has 23 heavy (non-hydrogen) atoms. The van der Waals surface area contributed by atoms with E-state index in [0.717, 1.165) is 19.6 Å². The lowest BCUT2D eigenvalue weighted by atomic mass is 9.81. The van der Waals surface area contributed by atoms with Crippen LogP contribution in [0.15, 0.2) is 42.9 Å². The molecule has 5 nitrogen and oxygen atoms in total. The Morgan fingerprint density at radius 1 is 1.22 bits per heavy atom. The Hall–Kier alpha value is -1.69. The van der Waals surface area contributed by atoms with Crippen molar-refractivity contribution in [1.29, 1.82) is 0 Å². The normalized spacial score (nSPS) is 29.0. The van der Waals surface area contributed by atoms with E-state index in [2.05, 4.69) is 56.1 Å². The minimum Gasteiger partial charge on any atom is -0.347 e. The number of rotatable bonds is 4. The minimum absolute atomic E-state index is 0.516. The first-order valence-electron chi connectivity index (χ1n) is 8.63. The average molecular weight is 311 g/mol. The molecule has 122 valence electrons. The summed E-state index contributed by atoms with van der Waals surface area (Å²) in [5, 5.41) is 0. The standard InChI is InChI=1S/C18H25N5/c1-2-5-14(6-3-1)17-10-21-22-18(17)15-7-4-8-23(11-15)12-16-9-19-13-20-16/h1-3,5-6,9,13,15,17-18,21-22H,4,7-8,10-12H2,(H,19,20). The summed E-state index contributed by atoms with van der Waals surface area (Å²) >= 11 is 0. The van der Waals surface area contributed by atoms with Crippen LogP contribution in [0.1, 0.15) is 30.0 Å². The molecule has 0 spiro atoms. The van der Waals surface area contributed by atoms with Crippen LogP contribution in [-0.4, -0.2) is 40.5 Å². The van der Waals surface area contributed by atoms with Crippen LogP contribution in [0.3, 0.4) is 0 Å². The van der Waals surface area contributed by atoms with Crippen molar-refractivity contribution < 1.29 is 0 Å². The van der Waals surface area contributed by atoms with Crippen LogP contribution in [0.5, 0.6) is 0 Å². The average Bonchev–Trinajstić information content (AvgIpc) is 3.27. The predicted molar refractivity (Wildman–Crippen MR) is 90.7 cm³/mol. The maximum atomic E-state index is 4.13. The molecule has 2 aromatic rings. The molecule has 4 rings (SSSR count). The van der Waals surface area contributed by atoms with Gasteiger partial charge in [0.2, 0.25) is 0 Å². The molecule has 3 N–H and O–H groups in total. The van der Waals surface area contributed by atoms with Gasteiger partial charge in [-0.05, 0) is 30.9 Å². The fourth-order valence-electron chi connectivity index (χ4n) is 4.13. The van der Waals surface area contributed by atoms with Gasteiger partial charge < -0.3 is 4.98 Å². The van der Waals surface area contributed by atoms with Crippen molar-refractivity contribution in [2.45, 2.75) is 31.3 Å². The molecule has 3 atom stereocenters. The van der Waals surface area contributed by atoms with Gasteiger partial charge in [0, 0.05) is 43.5 Å². The van der Waals surface area contributed by atoms with Gasteiger partial charge in [0.05, 0.1) is 6.33 Å². The predicted octanol–water partition coefficient (Wildman–Crippen LogP) is 1.88. The van der Waals surface area contributed by atoms with Gasteiger partial charge >= 0.3 is 0 Å². The molecular weight excluding hydrogens is 286 g/mol. The Labute approximate surface area is 137 Å². The van der Waals surface area contributed by atoms with Crippen molar-refractivity contribution in [3.8, 4) is 0 Å². The van der Waals surface area contributed by atoms with E-state index in [0.29, 0.717) is 17.9 Å². The molecule has 2 aliphatic heterocycles. The molecule has 0 aliphatic carbocycles. The van der Waals surface area contributed by atoms with Crippen LogP contribution in [0.25, 0.3) is 0 Å². The Morgan fingerprint density at radius 3 is 2.96 bits per heavy atom. The van der Waals surface area contributed by atoms with Gasteiger partial charge in [0.15, 0.2) is 0 Å². The number of piperidine rings is 1. The highest BCUT2D eigenvalue weighted by Gasteiger charge is 2.36. The number of likely N-dealkylation sites (tertiary alicyclic amines) is 1. The molecule has 2 saturated heterocycles. The number of aromatic nitrogens is 2. The number of benzene rings is 1. The zero-order valence-electron chi connectivity index (χ0n) is 13.4. The fourth-order valence-corrected chi connectivity index (χ4v) is 4.13. The van der Waals surface area contributed by atoms with Gasteiger partial charge in [-0.1, -0.05) is 30.3 Å². The quantitative estimate of drug-likeness (QED) is 0.807. The molecule has 3 unspecified atom stereocenters. The van der Waals surface area contributed by atoms with E-state index in [1.54, 1.807) is 6.33 Å². The number of hydrogen-bond donors (Lipinski definition) is 3. The molecule has 0 saturated carbocycles. The number of hydrazine groups is 1. The van der Waals surface area contributed by atoms with Crippen LogP contribution in [-0.2, 0) is 6.54 Å². The summed E-state index contributed by atoms with van der Waals surface area (Å²) in [6.07, 6.45) is 6.29. The SMILES string of the molecule is c1ccc(C2CNNC2C2CCCN(Cc3cnc[nH]3)C2)cc1. The number of nitrogens with one attached hydrogen (secondary N) is 3. The third-order valence-corrected chi connectivity index (χ3v) is 5.25.